The second kappa shape index (κ2) is 11.5. The van der Waals surface area contributed by atoms with E-state index < -0.39 is 11.7 Å². The number of unbranched alkanes of at least 4 members (excludes halogenated alkanes) is 1. The van der Waals surface area contributed by atoms with E-state index in [0.717, 1.165) is 11.8 Å². The lowest BCUT2D eigenvalue weighted by atomic mass is 10.1. The van der Waals surface area contributed by atoms with Gasteiger partial charge in [-0.15, -0.1) is 0 Å². The van der Waals surface area contributed by atoms with Gasteiger partial charge in [0.1, 0.15) is 11.9 Å². The minimum Gasteiger partial charge on any atom is -0.444 e. The molecule has 1 rings (SSSR count). The van der Waals surface area contributed by atoms with E-state index in [0.29, 0.717) is 25.9 Å². The van der Waals surface area contributed by atoms with Crippen molar-refractivity contribution in [1.29, 1.82) is 0 Å². The third-order valence-corrected chi connectivity index (χ3v) is 3.60. The fraction of sp³-hybridized carbons (Fsp3) is 0.524. The van der Waals surface area contributed by atoms with Crippen LogP contribution in [0.15, 0.2) is 42.5 Å². The summed E-state index contributed by atoms with van der Waals surface area (Å²) in [5.41, 5.74) is 0.533. The highest BCUT2D eigenvalue weighted by Gasteiger charge is 2.22. The van der Waals surface area contributed by atoms with Crippen LogP contribution in [0.5, 0.6) is 0 Å². The zero-order chi connectivity index (χ0) is 19.4. The van der Waals surface area contributed by atoms with Crippen LogP contribution in [-0.4, -0.2) is 30.1 Å². The highest BCUT2D eigenvalue weighted by Crippen LogP contribution is 2.12. The van der Waals surface area contributed by atoms with Crippen LogP contribution in [0.25, 0.3) is 0 Å². The summed E-state index contributed by atoms with van der Waals surface area (Å²) in [5, 5.41) is 2.85. The molecule has 5 nitrogen and oxygen atoms in total. The standard InChI is InChI=1S/C21H31NO4/c1-17(22-20(24)26-21(2,3)4)19(14-10-5-6-11-15-23)25-16-18-12-8-7-9-13-18/h5,7-10,12-13,15,17,19H,6,11,14,16H2,1-4H3,(H,22,24)/b10-5+. The quantitative estimate of drug-likeness (QED) is 0.381. The molecule has 5 heteroatoms. The Morgan fingerprint density at radius 2 is 1.85 bits per heavy atom. The number of hydrogen-bond acceptors (Lipinski definition) is 4. The Morgan fingerprint density at radius 3 is 2.46 bits per heavy atom. The number of carbonyl (C=O) groups is 2. The monoisotopic (exact) mass is 361 g/mol. The van der Waals surface area contributed by atoms with Gasteiger partial charge in [-0.3, -0.25) is 0 Å². The fourth-order valence-corrected chi connectivity index (χ4v) is 2.29. The van der Waals surface area contributed by atoms with Gasteiger partial charge in [0.2, 0.25) is 0 Å². The van der Waals surface area contributed by atoms with Gasteiger partial charge in [-0.25, -0.2) is 4.79 Å². The summed E-state index contributed by atoms with van der Waals surface area (Å²) in [6, 6.07) is 9.68. The lowest BCUT2D eigenvalue weighted by Crippen LogP contribution is -2.44. The van der Waals surface area contributed by atoms with Gasteiger partial charge < -0.3 is 19.6 Å². The summed E-state index contributed by atoms with van der Waals surface area (Å²) < 4.78 is 11.4. The molecule has 1 aromatic rings. The fourth-order valence-electron chi connectivity index (χ4n) is 2.29. The molecular formula is C21H31NO4. The van der Waals surface area contributed by atoms with E-state index >= 15 is 0 Å². The molecule has 0 bridgehead atoms. The molecule has 0 aliphatic rings. The summed E-state index contributed by atoms with van der Waals surface area (Å²) >= 11 is 0. The summed E-state index contributed by atoms with van der Waals surface area (Å²) in [4.78, 5) is 22.4. The van der Waals surface area contributed by atoms with Crippen LogP contribution in [0.4, 0.5) is 4.79 Å². The van der Waals surface area contributed by atoms with Crippen molar-refractivity contribution in [2.45, 2.75) is 71.3 Å². The molecule has 0 aromatic heterocycles. The van der Waals surface area contributed by atoms with Crippen molar-refractivity contribution < 1.29 is 19.1 Å². The molecule has 1 aromatic carbocycles. The topological polar surface area (TPSA) is 64.6 Å². The van der Waals surface area contributed by atoms with E-state index in [-0.39, 0.29) is 12.1 Å². The average Bonchev–Trinajstić information content (AvgIpc) is 2.56. The number of aldehydes is 1. The van der Waals surface area contributed by atoms with Crippen LogP contribution in [-0.2, 0) is 20.9 Å². The van der Waals surface area contributed by atoms with Crippen molar-refractivity contribution in [2.75, 3.05) is 0 Å². The predicted molar refractivity (Wildman–Crippen MR) is 103 cm³/mol. The van der Waals surface area contributed by atoms with Gasteiger partial charge >= 0.3 is 6.09 Å². The number of nitrogens with one attached hydrogen (secondary N) is 1. The maximum atomic E-state index is 12.0. The summed E-state index contributed by atoms with van der Waals surface area (Å²) in [6.45, 7) is 7.86. The molecule has 0 spiro atoms. The Hall–Kier alpha value is -2.14. The molecule has 0 heterocycles. The van der Waals surface area contributed by atoms with Gasteiger partial charge in [-0.2, -0.15) is 0 Å². The summed E-state index contributed by atoms with van der Waals surface area (Å²) in [7, 11) is 0. The minimum atomic E-state index is -0.543. The van der Waals surface area contributed by atoms with E-state index in [9.17, 15) is 9.59 Å². The molecule has 0 saturated carbocycles. The Morgan fingerprint density at radius 1 is 1.15 bits per heavy atom. The summed E-state index contributed by atoms with van der Waals surface area (Å²) in [5.74, 6) is 0. The van der Waals surface area contributed by atoms with Crippen molar-refractivity contribution in [3.05, 3.63) is 48.0 Å². The average molecular weight is 361 g/mol. The molecule has 1 amide bonds. The normalized spacial score (nSPS) is 14.0. The molecule has 144 valence electrons. The highest BCUT2D eigenvalue weighted by atomic mass is 16.6. The van der Waals surface area contributed by atoms with Gasteiger partial charge in [0.15, 0.2) is 0 Å². The third kappa shape index (κ3) is 9.99. The molecule has 1 N–H and O–H groups in total. The van der Waals surface area contributed by atoms with Gasteiger partial charge in [-0.1, -0.05) is 42.5 Å². The van der Waals surface area contributed by atoms with Crippen LogP contribution in [0, 0.1) is 0 Å². The molecule has 0 aliphatic carbocycles. The third-order valence-electron chi connectivity index (χ3n) is 3.60. The number of alkyl carbamates (subject to hydrolysis) is 1. The number of rotatable bonds is 10. The predicted octanol–water partition coefficient (Wildman–Crippen LogP) is 4.41. The number of carbonyl (C=O) groups excluding carboxylic acids is 2. The maximum absolute atomic E-state index is 12.0. The van der Waals surface area contributed by atoms with E-state index in [1.807, 2.05) is 70.2 Å². The van der Waals surface area contributed by atoms with Crippen LogP contribution in [0.3, 0.4) is 0 Å². The smallest absolute Gasteiger partial charge is 0.407 e. The lowest BCUT2D eigenvalue weighted by Gasteiger charge is -2.26. The molecule has 0 fully saturated rings. The Balaban J connectivity index is 2.63. The van der Waals surface area contributed by atoms with Gasteiger partial charge in [0.05, 0.1) is 18.8 Å². The first-order chi connectivity index (χ1) is 12.3. The lowest BCUT2D eigenvalue weighted by molar-refractivity contribution is -0.107. The van der Waals surface area contributed by atoms with Crippen molar-refractivity contribution in [3.63, 3.8) is 0 Å². The van der Waals surface area contributed by atoms with Crippen LogP contribution >= 0.6 is 0 Å². The molecule has 0 aliphatic heterocycles. The molecule has 0 saturated heterocycles. The first-order valence-corrected chi connectivity index (χ1v) is 9.05. The van der Waals surface area contributed by atoms with Crippen molar-refractivity contribution >= 4 is 12.4 Å². The first-order valence-electron chi connectivity index (χ1n) is 9.05. The van der Waals surface area contributed by atoms with E-state index in [1.165, 1.54) is 0 Å². The molecule has 26 heavy (non-hydrogen) atoms. The second-order valence-corrected chi connectivity index (χ2v) is 7.22. The molecular weight excluding hydrogens is 330 g/mol. The van der Waals surface area contributed by atoms with E-state index in [2.05, 4.69) is 5.32 Å². The highest BCUT2D eigenvalue weighted by molar-refractivity contribution is 5.68. The van der Waals surface area contributed by atoms with Crippen LogP contribution < -0.4 is 5.32 Å². The Bertz CT molecular complexity index is 563. The zero-order valence-electron chi connectivity index (χ0n) is 16.2. The van der Waals surface area contributed by atoms with Gasteiger partial charge in [0, 0.05) is 6.42 Å². The van der Waals surface area contributed by atoms with Gasteiger partial charge in [0.25, 0.3) is 0 Å². The van der Waals surface area contributed by atoms with E-state index in [4.69, 9.17) is 9.47 Å². The molecule has 2 atom stereocenters. The first kappa shape index (κ1) is 21.9. The number of amides is 1. The van der Waals surface area contributed by atoms with Crippen molar-refractivity contribution in [3.8, 4) is 0 Å². The molecule has 0 radical (unpaired) electrons. The van der Waals surface area contributed by atoms with Gasteiger partial charge in [-0.05, 0) is 46.1 Å². The van der Waals surface area contributed by atoms with Crippen LogP contribution in [0.1, 0.15) is 52.5 Å². The maximum Gasteiger partial charge on any atom is 0.407 e. The number of ether oxygens (including phenoxy) is 2. The number of allylic oxidation sites excluding steroid dienone is 1. The Kier molecular flexibility index (Phi) is 9.66. The Labute approximate surface area is 156 Å². The SMILES string of the molecule is CC(NC(=O)OC(C)(C)C)C(C/C=C/CCC=O)OCc1ccccc1. The van der Waals surface area contributed by atoms with Crippen LogP contribution in [0.2, 0.25) is 0 Å². The number of benzene rings is 1. The van der Waals surface area contributed by atoms with E-state index in [1.54, 1.807) is 0 Å². The van der Waals surface area contributed by atoms with Crippen molar-refractivity contribution in [1.82, 2.24) is 5.32 Å². The summed E-state index contributed by atoms with van der Waals surface area (Å²) in [6.07, 6.45) is 6.07. The van der Waals surface area contributed by atoms with Crippen molar-refractivity contribution in [2.24, 2.45) is 0 Å². The zero-order valence-corrected chi connectivity index (χ0v) is 16.2. The largest absolute Gasteiger partial charge is 0.444 e. The molecule has 2 unspecified atom stereocenters. The minimum absolute atomic E-state index is 0.199. The second-order valence-electron chi connectivity index (χ2n) is 7.22. The number of hydrogen-bond donors (Lipinski definition) is 1.